The molecule has 0 saturated carbocycles. The van der Waals surface area contributed by atoms with Gasteiger partial charge >= 0.3 is 5.97 Å². The zero-order valence-electron chi connectivity index (χ0n) is 11.2. The third-order valence-electron chi connectivity index (χ3n) is 3.57. The van der Waals surface area contributed by atoms with E-state index >= 15 is 0 Å². The lowest BCUT2D eigenvalue weighted by Crippen LogP contribution is -2.24. The van der Waals surface area contributed by atoms with E-state index < -0.39 is 0 Å². The number of aromatic nitrogens is 2. The van der Waals surface area contributed by atoms with Gasteiger partial charge < -0.3 is 20.4 Å². The number of nitrogens with zero attached hydrogens (tertiary/aromatic N) is 2. The van der Waals surface area contributed by atoms with Crippen LogP contribution >= 0.6 is 0 Å². The molecule has 3 N–H and O–H groups in total. The minimum absolute atomic E-state index is 0.189. The fourth-order valence-corrected chi connectivity index (χ4v) is 2.69. The molecule has 1 atom stereocenters. The molecule has 0 aliphatic carbocycles. The van der Waals surface area contributed by atoms with Crippen LogP contribution in [0.2, 0.25) is 0 Å². The third-order valence-corrected chi connectivity index (χ3v) is 3.57. The van der Waals surface area contributed by atoms with Gasteiger partial charge in [0.1, 0.15) is 0 Å². The Balaban J connectivity index is 2.22. The van der Waals surface area contributed by atoms with Crippen LogP contribution in [0.5, 0.6) is 0 Å². The molecular weight excluding hydrogens is 256 g/mol. The number of esters is 1. The quantitative estimate of drug-likeness (QED) is 0.659. The van der Waals surface area contributed by atoms with Crippen LogP contribution in [-0.4, -0.2) is 29.2 Å². The summed E-state index contributed by atoms with van der Waals surface area (Å²) in [6, 6.07) is 3.67. The number of nitrogens with one attached hydrogen (secondary N) is 1. The SMILES string of the molecule is C=CC[C@H]1CNc2cc(C(=O)OC)cc3nc(N)n1c23. The number of rotatable bonds is 3. The fraction of sp³-hybridized carbons (Fsp3) is 0.286. The Morgan fingerprint density at radius 1 is 1.70 bits per heavy atom. The van der Waals surface area contributed by atoms with Crippen LogP contribution in [0, 0.1) is 0 Å². The number of nitrogen functional groups attached to an aromatic ring is 1. The lowest BCUT2D eigenvalue weighted by molar-refractivity contribution is 0.0601. The van der Waals surface area contributed by atoms with E-state index in [0.29, 0.717) is 17.0 Å². The Hall–Kier alpha value is -2.50. The van der Waals surface area contributed by atoms with Gasteiger partial charge in [-0.15, -0.1) is 6.58 Å². The molecular formula is C14H16N4O2. The Labute approximate surface area is 116 Å². The van der Waals surface area contributed by atoms with Crippen LogP contribution in [0.15, 0.2) is 24.8 Å². The second-order valence-corrected chi connectivity index (χ2v) is 4.78. The lowest BCUT2D eigenvalue weighted by Gasteiger charge is -2.26. The minimum Gasteiger partial charge on any atom is -0.465 e. The summed E-state index contributed by atoms with van der Waals surface area (Å²) in [5.74, 6) is 0.0721. The predicted molar refractivity (Wildman–Crippen MR) is 77.8 cm³/mol. The van der Waals surface area contributed by atoms with Crippen molar-refractivity contribution in [1.82, 2.24) is 9.55 Å². The molecule has 1 aliphatic heterocycles. The normalized spacial score (nSPS) is 16.8. The molecule has 20 heavy (non-hydrogen) atoms. The lowest BCUT2D eigenvalue weighted by atomic mass is 10.1. The number of allylic oxidation sites excluding steroid dienone is 1. The Kier molecular flexibility index (Phi) is 2.85. The van der Waals surface area contributed by atoms with Crippen molar-refractivity contribution >= 4 is 28.6 Å². The van der Waals surface area contributed by atoms with Crippen LogP contribution in [-0.2, 0) is 4.74 Å². The number of anilines is 2. The van der Waals surface area contributed by atoms with Crippen molar-refractivity contribution in [2.24, 2.45) is 0 Å². The van der Waals surface area contributed by atoms with Crippen molar-refractivity contribution in [3.05, 3.63) is 30.4 Å². The summed E-state index contributed by atoms with van der Waals surface area (Å²) in [5.41, 5.74) is 8.96. The summed E-state index contributed by atoms with van der Waals surface area (Å²) in [7, 11) is 1.36. The third kappa shape index (κ3) is 1.72. The van der Waals surface area contributed by atoms with Crippen LogP contribution in [0.1, 0.15) is 22.8 Å². The topological polar surface area (TPSA) is 82.2 Å². The van der Waals surface area contributed by atoms with Crippen molar-refractivity contribution in [1.29, 1.82) is 0 Å². The van der Waals surface area contributed by atoms with E-state index in [-0.39, 0.29) is 12.0 Å². The summed E-state index contributed by atoms with van der Waals surface area (Å²) >= 11 is 0. The summed E-state index contributed by atoms with van der Waals surface area (Å²) in [4.78, 5) is 16.0. The first kappa shape index (κ1) is 12.5. The Bertz CT molecular complexity index is 705. The first-order valence-corrected chi connectivity index (χ1v) is 6.40. The largest absolute Gasteiger partial charge is 0.465 e. The molecule has 0 saturated heterocycles. The first-order chi connectivity index (χ1) is 9.65. The predicted octanol–water partition coefficient (Wildman–Crippen LogP) is 1.95. The average Bonchev–Trinajstić information content (AvgIpc) is 2.79. The maximum absolute atomic E-state index is 11.7. The maximum atomic E-state index is 11.7. The van der Waals surface area contributed by atoms with Gasteiger partial charge in [0.2, 0.25) is 5.95 Å². The van der Waals surface area contributed by atoms with Gasteiger partial charge in [0.05, 0.1) is 35.4 Å². The molecule has 0 bridgehead atoms. The van der Waals surface area contributed by atoms with E-state index in [2.05, 4.69) is 16.9 Å². The molecule has 1 aromatic heterocycles. The van der Waals surface area contributed by atoms with Gasteiger partial charge in [-0.3, -0.25) is 0 Å². The summed E-state index contributed by atoms with van der Waals surface area (Å²) in [6.07, 6.45) is 2.67. The molecule has 0 amide bonds. The molecule has 0 unspecified atom stereocenters. The molecule has 0 fully saturated rings. The van der Waals surface area contributed by atoms with Gasteiger partial charge in [0, 0.05) is 6.54 Å². The average molecular weight is 272 g/mol. The van der Waals surface area contributed by atoms with Crippen LogP contribution in [0.25, 0.3) is 11.0 Å². The van der Waals surface area contributed by atoms with Gasteiger partial charge in [0.15, 0.2) is 0 Å². The standard InChI is InChI=1S/C14H16N4O2/c1-3-4-9-7-16-10-5-8(13(19)20-2)6-11-12(10)18(9)14(15)17-11/h3,5-6,9,16H,1,4,7H2,2H3,(H2,15,17)/t9-/m0/s1. The molecule has 2 aromatic rings. The highest BCUT2D eigenvalue weighted by Gasteiger charge is 2.25. The molecule has 3 rings (SSSR count). The zero-order chi connectivity index (χ0) is 14.3. The van der Waals surface area contributed by atoms with Gasteiger partial charge in [-0.1, -0.05) is 6.08 Å². The van der Waals surface area contributed by atoms with Crippen molar-refractivity contribution < 1.29 is 9.53 Å². The van der Waals surface area contributed by atoms with Crippen LogP contribution in [0.3, 0.4) is 0 Å². The highest BCUT2D eigenvalue weighted by atomic mass is 16.5. The zero-order valence-corrected chi connectivity index (χ0v) is 11.2. The monoisotopic (exact) mass is 272 g/mol. The molecule has 2 heterocycles. The van der Waals surface area contributed by atoms with E-state index in [0.717, 1.165) is 24.2 Å². The van der Waals surface area contributed by atoms with E-state index in [4.69, 9.17) is 10.5 Å². The molecule has 6 heteroatoms. The number of carbonyl (C=O) groups excluding carboxylic acids is 1. The number of hydrogen-bond donors (Lipinski definition) is 2. The smallest absolute Gasteiger partial charge is 0.338 e. The van der Waals surface area contributed by atoms with Gasteiger partial charge in [0.25, 0.3) is 0 Å². The van der Waals surface area contributed by atoms with Gasteiger partial charge in [-0.25, -0.2) is 9.78 Å². The minimum atomic E-state index is -0.383. The number of hydrogen-bond acceptors (Lipinski definition) is 5. The molecule has 0 spiro atoms. The highest BCUT2D eigenvalue weighted by molar-refractivity contribution is 6.00. The summed E-state index contributed by atoms with van der Waals surface area (Å²) in [6.45, 7) is 4.50. The fourth-order valence-electron chi connectivity index (χ4n) is 2.69. The van der Waals surface area contributed by atoms with Crippen molar-refractivity contribution in [3.8, 4) is 0 Å². The second-order valence-electron chi connectivity index (χ2n) is 4.78. The number of nitrogens with two attached hydrogens (primary N) is 1. The van der Waals surface area contributed by atoms with Gasteiger partial charge in [-0.05, 0) is 18.6 Å². The molecule has 104 valence electrons. The summed E-state index contributed by atoms with van der Waals surface area (Å²) in [5, 5.41) is 3.32. The summed E-state index contributed by atoms with van der Waals surface area (Å²) < 4.78 is 6.76. The number of carbonyl (C=O) groups is 1. The molecule has 1 aliphatic rings. The highest BCUT2D eigenvalue weighted by Crippen LogP contribution is 2.35. The number of imidazole rings is 1. The molecule has 1 aromatic carbocycles. The van der Waals surface area contributed by atoms with Crippen molar-refractivity contribution in [2.75, 3.05) is 24.7 Å². The van der Waals surface area contributed by atoms with Crippen molar-refractivity contribution in [3.63, 3.8) is 0 Å². The number of methoxy groups -OCH3 is 1. The first-order valence-electron chi connectivity index (χ1n) is 6.40. The second kappa shape index (κ2) is 4.56. The van der Waals surface area contributed by atoms with Crippen LogP contribution < -0.4 is 11.1 Å². The maximum Gasteiger partial charge on any atom is 0.338 e. The Morgan fingerprint density at radius 2 is 2.50 bits per heavy atom. The molecule has 6 nitrogen and oxygen atoms in total. The Morgan fingerprint density at radius 3 is 3.20 bits per heavy atom. The van der Waals surface area contributed by atoms with E-state index in [1.807, 2.05) is 10.6 Å². The van der Waals surface area contributed by atoms with E-state index in [9.17, 15) is 4.79 Å². The van der Waals surface area contributed by atoms with Gasteiger partial charge in [-0.2, -0.15) is 0 Å². The number of ether oxygens (including phenoxy) is 1. The number of benzene rings is 1. The van der Waals surface area contributed by atoms with E-state index in [1.54, 1.807) is 12.1 Å². The van der Waals surface area contributed by atoms with Crippen LogP contribution in [0.4, 0.5) is 11.6 Å². The molecule has 0 radical (unpaired) electrons. The van der Waals surface area contributed by atoms with Crippen molar-refractivity contribution in [2.45, 2.75) is 12.5 Å². The van der Waals surface area contributed by atoms with E-state index in [1.165, 1.54) is 7.11 Å².